The molecule has 0 radical (unpaired) electrons. The number of benzene rings is 2. The Morgan fingerprint density at radius 3 is 2.17 bits per heavy atom. The van der Waals surface area contributed by atoms with Crippen molar-refractivity contribution in [3.05, 3.63) is 60.2 Å². The Morgan fingerprint density at radius 2 is 1.60 bits per heavy atom. The number of carbonyl (C=O) groups excluding carboxylic acids is 2. The topological polar surface area (TPSA) is 95.6 Å². The van der Waals surface area contributed by atoms with E-state index in [1.807, 2.05) is 37.3 Å². The van der Waals surface area contributed by atoms with E-state index in [0.717, 1.165) is 5.56 Å². The maximum Gasteiger partial charge on any atom is 0.243 e. The lowest BCUT2D eigenvalue weighted by molar-refractivity contribution is -0.132. The van der Waals surface area contributed by atoms with Crippen molar-refractivity contribution in [2.24, 2.45) is 5.41 Å². The van der Waals surface area contributed by atoms with Crippen molar-refractivity contribution in [3.8, 4) is 0 Å². The number of nitrogens with one attached hydrogen (secondary N) is 2. The van der Waals surface area contributed by atoms with E-state index in [4.69, 9.17) is 0 Å². The van der Waals surface area contributed by atoms with Crippen LogP contribution in [0, 0.1) is 5.41 Å². The number of carbonyl (C=O) groups is 2. The molecule has 1 aliphatic heterocycles. The first-order valence-electron chi connectivity index (χ1n) is 9.91. The molecule has 2 aromatic rings. The molecule has 0 atom stereocenters. The second-order valence-corrected chi connectivity index (χ2v) is 9.78. The molecule has 160 valence electrons. The average Bonchev–Trinajstić information content (AvgIpc) is 2.73. The smallest absolute Gasteiger partial charge is 0.243 e. The van der Waals surface area contributed by atoms with Gasteiger partial charge in [-0.25, -0.2) is 8.42 Å². The summed E-state index contributed by atoms with van der Waals surface area (Å²) in [7, 11) is -3.65. The third-order valence-corrected chi connectivity index (χ3v) is 7.40. The van der Waals surface area contributed by atoms with Crippen LogP contribution in [0.25, 0.3) is 0 Å². The maximum atomic E-state index is 13.0. The summed E-state index contributed by atoms with van der Waals surface area (Å²) in [5.74, 6) is -0.269. The van der Waals surface area contributed by atoms with Gasteiger partial charge < -0.3 is 10.6 Å². The summed E-state index contributed by atoms with van der Waals surface area (Å²) >= 11 is 0. The fourth-order valence-corrected chi connectivity index (χ4v) is 4.94. The zero-order chi connectivity index (χ0) is 21.8. The van der Waals surface area contributed by atoms with Crippen molar-refractivity contribution in [3.63, 3.8) is 0 Å². The quantitative estimate of drug-likeness (QED) is 0.738. The van der Waals surface area contributed by atoms with Gasteiger partial charge in [0.1, 0.15) is 0 Å². The van der Waals surface area contributed by atoms with Crippen LogP contribution in [0.2, 0.25) is 0 Å². The highest BCUT2D eigenvalue weighted by Gasteiger charge is 2.40. The molecule has 0 unspecified atom stereocenters. The number of anilines is 1. The van der Waals surface area contributed by atoms with Crippen LogP contribution in [-0.4, -0.2) is 37.6 Å². The molecule has 0 saturated carbocycles. The van der Waals surface area contributed by atoms with Crippen LogP contribution in [0.4, 0.5) is 5.69 Å². The summed E-state index contributed by atoms with van der Waals surface area (Å²) in [4.78, 5) is 24.0. The Morgan fingerprint density at radius 1 is 1.00 bits per heavy atom. The van der Waals surface area contributed by atoms with Gasteiger partial charge in [-0.15, -0.1) is 0 Å². The summed E-state index contributed by atoms with van der Waals surface area (Å²) in [5, 5.41) is 5.59. The molecule has 0 aromatic heterocycles. The lowest BCUT2D eigenvalue weighted by atomic mass is 9.80. The minimum atomic E-state index is -3.65. The maximum absolute atomic E-state index is 13.0. The first kappa shape index (κ1) is 22.0. The van der Waals surface area contributed by atoms with Crippen molar-refractivity contribution >= 4 is 27.5 Å². The van der Waals surface area contributed by atoms with E-state index in [9.17, 15) is 18.0 Å². The molecular formula is C22H27N3O4S. The zero-order valence-corrected chi connectivity index (χ0v) is 18.0. The van der Waals surface area contributed by atoms with E-state index in [-0.39, 0.29) is 29.8 Å². The second-order valence-electron chi connectivity index (χ2n) is 7.84. The van der Waals surface area contributed by atoms with Crippen LogP contribution in [0.1, 0.15) is 32.3 Å². The third kappa shape index (κ3) is 5.06. The molecular weight excluding hydrogens is 402 g/mol. The molecule has 2 N–H and O–H groups in total. The van der Waals surface area contributed by atoms with Crippen molar-refractivity contribution in [2.45, 2.75) is 38.1 Å². The molecule has 2 amide bonds. The number of nitrogens with zero attached hydrogens (tertiary/aromatic N) is 1. The van der Waals surface area contributed by atoms with Gasteiger partial charge in [0.2, 0.25) is 21.8 Å². The number of hydrogen-bond acceptors (Lipinski definition) is 4. The molecule has 3 rings (SSSR count). The van der Waals surface area contributed by atoms with Gasteiger partial charge in [-0.1, -0.05) is 37.3 Å². The van der Waals surface area contributed by atoms with Gasteiger partial charge in [0.25, 0.3) is 0 Å². The van der Waals surface area contributed by atoms with Gasteiger partial charge >= 0.3 is 0 Å². The van der Waals surface area contributed by atoms with Crippen LogP contribution in [0.15, 0.2) is 59.5 Å². The van der Waals surface area contributed by atoms with Gasteiger partial charge in [0.05, 0.1) is 4.90 Å². The van der Waals surface area contributed by atoms with Crippen LogP contribution in [0.3, 0.4) is 0 Å². The second kappa shape index (κ2) is 8.97. The molecule has 0 bridgehead atoms. The highest BCUT2D eigenvalue weighted by molar-refractivity contribution is 7.89. The van der Waals surface area contributed by atoms with Gasteiger partial charge in [-0.2, -0.15) is 4.31 Å². The van der Waals surface area contributed by atoms with E-state index in [2.05, 4.69) is 10.6 Å². The summed E-state index contributed by atoms with van der Waals surface area (Å²) in [6, 6.07) is 15.8. The number of rotatable bonds is 6. The molecule has 1 aliphatic rings. The van der Waals surface area contributed by atoms with E-state index in [0.29, 0.717) is 25.1 Å². The Kier molecular flexibility index (Phi) is 6.58. The molecule has 1 saturated heterocycles. The minimum Gasteiger partial charge on any atom is -0.352 e. The zero-order valence-electron chi connectivity index (χ0n) is 17.2. The molecule has 1 heterocycles. The monoisotopic (exact) mass is 429 g/mol. The highest BCUT2D eigenvalue weighted by atomic mass is 32.2. The summed E-state index contributed by atoms with van der Waals surface area (Å²) in [6.45, 7) is 4.30. The van der Waals surface area contributed by atoms with Crippen LogP contribution < -0.4 is 10.6 Å². The van der Waals surface area contributed by atoms with Crippen molar-refractivity contribution in [1.82, 2.24) is 9.62 Å². The molecule has 2 aromatic carbocycles. The van der Waals surface area contributed by atoms with Crippen LogP contribution in [-0.2, 0) is 26.2 Å². The highest BCUT2D eigenvalue weighted by Crippen LogP contribution is 2.33. The molecule has 0 spiro atoms. The van der Waals surface area contributed by atoms with Gasteiger partial charge in [0, 0.05) is 37.7 Å². The van der Waals surface area contributed by atoms with E-state index in [1.165, 1.54) is 23.4 Å². The number of amides is 2. The summed E-state index contributed by atoms with van der Waals surface area (Å²) < 4.78 is 27.3. The number of piperidine rings is 1. The third-order valence-electron chi connectivity index (χ3n) is 5.48. The molecule has 0 aliphatic carbocycles. The molecule has 1 fully saturated rings. The van der Waals surface area contributed by atoms with Crippen molar-refractivity contribution in [2.75, 3.05) is 18.4 Å². The average molecular weight is 430 g/mol. The predicted molar refractivity (Wildman–Crippen MR) is 115 cm³/mol. The van der Waals surface area contributed by atoms with E-state index >= 15 is 0 Å². The number of sulfonamides is 1. The first-order valence-corrected chi connectivity index (χ1v) is 11.3. The fourth-order valence-electron chi connectivity index (χ4n) is 3.50. The predicted octanol–water partition coefficient (Wildman–Crippen LogP) is 2.75. The summed E-state index contributed by atoms with van der Waals surface area (Å²) in [6.07, 6.45) is 0.910. The standard InChI is InChI=1S/C22H27N3O4S/c1-17(26)24-19-8-10-20(11-9-19)30(28,29)25-14-12-22(2,13-15-25)21(27)23-16-18-6-4-3-5-7-18/h3-11H,12-16H2,1-2H3,(H,23,27)(H,24,26). The molecule has 8 heteroatoms. The lowest BCUT2D eigenvalue weighted by Crippen LogP contribution is -2.48. The Balaban J connectivity index is 1.60. The Hall–Kier alpha value is -2.71. The lowest BCUT2D eigenvalue weighted by Gasteiger charge is -2.37. The van der Waals surface area contributed by atoms with Gasteiger partial charge in [-0.05, 0) is 42.7 Å². The van der Waals surface area contributed by atoms with Crippen LogP contribution in [0.5, 0.6) is 0 Å². The fraction of sp³-hybridized carbons (Fsp3) is 0.364. The normalized spacial score (nSPS) is 16.6. The Bertz CT molecular complexity index is 996. The molecule has 30 heavy (non-hydrogen) atoms. The first-order chi connectivity index (χ1) is 14.2. The van der Waals surface area contributed by atoms with Gasteiger partial charge in [0.15, 0.2) is 0 Å². The van der Waals surface area contributed by atoms with E-state index in [1.54, 1.807) is 12.1 Å². The van der Waals surface area contributed by atoms with Crippen molar-refractivity contribution < 1.29 is 18.0 Å². The molecule has 7 nitrogen and oxygen atoms in total. The van der Waals surface area contributed by atoms with Crippen molar-refractivity contribution in [1.29, 1.82) is 0 Å². The number of hydrogen-bond donors (Lipinski definition) is 2. The van der Waals surface area contributed by atoms with Crippen LogP contribution >= 0.6 is 0 Å². The van der Waals surface area contributed by atoms with E-state index < -0.39 is 15.4 Å². The SMILES string of the molecule is CC(=O)Nc1ccc(S(=O)(=O)N2CCC(C)(C(=O)NCc3ccccc3)CC2)cc1. The van der Waals surface area contributed by atoms with Gasteiger partial charge in [-0.3, -0.25) is 9.59 Å². The largest absolute Gasteiger partial charge is 0.352 e. The Labute approximate surface area is 177 Å². The minimum absolute atomic E-state index is 0.0527. The summed E-state index contributed by atoms with van der Waals surface area (Å²) in [5.41, 5.74) is 0.968.